The number of halogens is 2. The molecule has 0 aliphatic carbocycles. The van der Waals surface area contributed by atoms with Gasteiger partial charge in [-0.15, -0.1) is 0 Å². The van der Waals surface area contributed by atoms with Gasteiger partial charge in [0.25, 0.3) is 0 Å². The molecule has 4 heteroatoms. The van der Waals surface area contributed by atoms with Crippen molar-refractivity contribution < 1.29 is 0 Å². The smallest absolute Gasteiger partial charge is 0.0570 e. The van der Waals surface area contributed by atoms with E-state index in [-0.39, 0.29) is 0 Å². The molecule has 54 valence electrons. The summed E-state index contributed by atoms with van der Waals surface area (Å²) in [6.45, 7) is 0. The van der Waals surface area contributed by atoms with Crippen LogP contribution >= 0.6 is 27.5 Å². The second kappa shape index (κ2) is 2.68. The van der Waals surface area contributed by atoms with E-state index in [1.807, 2.05) is 0 Å². The van der Waals surface area contributed by atoms with Crippen molar-refractivity contribution in [3.05, 3.63) is 21.6 Å². The van der Waals surface area contributed by atoms with E-state index in [1.165, 1.54) is 0 Å². The molecule has 1 aromatic rings. The summed E-state index contributed by atoms with van der Waals surface area (Å²) in [6.07, 6.45) is 0. The first kappa shape index (κ1) is 7.69. The molecule has 1 rings (SSSR count). The summed E-state index contributed by atoms with van der Waals surface area (Å²) in [5.74, 6) is 0. The number of rotatable bonds is 0. The molecule has 0 aromatic heterocycles. The van der Waals surface area contributed by atoms with Crippen LogP contribution in [0.25, 0.3) is 0 Å². The van der Waals surface area contributed by atoms with Crippen LogP contribution in [0.2, 0.25) is 5.02 Å². The highest BCUT2D eigenvalue weighted by Gasteiger charge is 1.99. The third-order valence-electron chi connectivity index (χ3n) is 1.13. The van der Waals surface area contributed by atoms with Gasteiger partial charge in [0.05, 0.1) is 16.4 Å². The molecular weight excluding hydrogens is 215 g/mol. The number of nitrogens with two attached hydrogens (primary N) is 2. The lowest BCUT2D eigenvalue weighted by molar-refractivity contribution is 1.62. The molecule has 1 aromatic carbocycles. The van der Waals surface area contributed by atoms with Gasteiger partial charge in [-0.25, -0.2) is 0 Å². The Morgan fingerprint density at radius 3 is 2.20 bits per heavy atom. The van der Waals surface area contributed by atoms with Crippen molar-refractivity contribution in [3.63, 3.8) is 0 Å². The van der Waals surface area contributed by atoms with E-state index >= 15 is 0 Å². The number of hydrogen-bond donors (Lipinski definition) is 2. The van der Waals surface area contributed by atoms with E-state index in [1.54, 1.807) is 12.1 Å². The highest BCUT2D eigenvalue weighted by molar-refractivity contribution is 9.10. The predicted molar refractivity (Wildman–Crippen MR) is 48.0 cm³/mol. The molecule has 0 bridgehead atoms. The van der Waals surface area contributed by atoms with Crippen molar-refractivity contribution in [1.82, 2.24) is 0 Å². The van der Waals surface area contributed by atoms with Gasteiger partial charge in [-0.1, -0.05) is 11.6 Å². The van der Waals surface area contributed by atoms with E-state index in [4.69, 9.17) is 23.1 Å². The second-order valence-electron chi connectivity index (χ2n) is 1.90. The molecule has 2 nitrogen and oxygen atoms in total. The zero-order valence-electron chi connectivity index (χ0n) is 5.07. The SMILES string of the molecule is Nc1cc(Cl)c(Br)cc1N. The van der Waals surface area contributed by atoms with Gasteiger partial charge < -0.3 is 11.5 Å². The maximum absolute atomic E-state index is 5.70. The van der Waals surface area contributed by atoms with Crippen LogP contribution in [-0.2, 0) is 0 Å². The van der Waals surface area contributed by atoms with Gasteiger partial charge in [0.15, 0.2) is 0 Å². The van der Waals surface area contributed by atoms with E-state index in [9.17, 15) is 0 Å². The van der Waals surface area contributed by atoms with E-state index in [2.05, 4.69) is 15.9 Å². The normalized spacial score (nSPS) is 9.80. The lowest BCUT2D eigenvalue weighted by atomic mass is 10.3. The summed E-state index contributed by atoms with van der Waals surface area (Å²) in [5, 5.41) is 0.576. The topological polar surface area (TPSA) is 52.0 Å². The van der Waals surface area contributed by atoms with E-state index in [0.717, 1.165) is 4.47 Å². The average molecular weight is 221 g/mol. The van der Waals surface area contributed by atoms with E-state index < -0.39 is 0 Å². The van der Waals surface area contributed by atoms with Gasteiger partial charge in [-0.3, -0.25) is 0 Å². The standard InChI is InChI=1S/C6H6BrClN2/c7-3-1-5(9)6(10)2-4(3)8/h1-2H,9-10H2. The van der Waals surface area contributed by atoms with Crippen LogP contribution in [0.15, 0.2) is 16.6 Å². The minimum atomic E-state index is 0.508. The average Bonchev–Trinajstić information content (AvgIpc) is 1.84. The Kier molecular flexibility index (Phi) is 2.06. The molecule has 0 spiro atoms. The third kappa shape index (κ3) is 1.36. The summed E-state index contributed by atoms with van der Waals surface area (Å²) < 4.78 is 0.765. The summed E-state index contributed by atoms with van der Waals surface area (Å²) in [5.41, 5.74) is 12.0. The van der Waals surface area contributed by atoms with Crippen LogP contribution in [0.5, 0.6) is 0 Å². The maximum atomic E-state index is 5.70. The Morgan fingerprint density at radius 2 is 1.70 bits per heavy atom. The predicted octanol–water partition coefficient (Wildman–Crippen LogP) is 2.27. The quantitative estimate of drug-likeness (QED) is 0.660. The highest BCUT2D eigenvalue weighted by atomic mass is 79.9. The molecule has 10 heavy (non-hydrogen) atoms. The summed E-state index contributed by atoms with van der Waals surface area (Å²) >= 11 is 8.92. The van der Waals surface area contributed by atoms with Crippen molar-refractivity contribution >= 4 is 38.9 Å². The van der Waals surface area contributed by atoms with Crippen molar-refractivity contribution in [1.29, 1.82) is 0 Å². The van der Waals surface area contributed by atoms with Crippen LogP contribution in [0, 0.1) is 0 Å². The zero-order valence-corrected chi connectivity index (χ0v) is 7.41. The van der Waals surface area contributed by atoms with Crippen molar-refractivity contribution in [2.24, 2.45) is 0 Å². The fraction of sp³-hybridized carbons (Fsp3) is 0. The molecular formula is C6H6BrClN2. The third-order valence-corrected chi connectivity index (χ3v) is 2.32. The zero-order chi connectivity index (χ0) is 7.72. The largest absolute Gasteiger partial charge is 0.397 e. The van der Waals surface area contributed by atoms with Gasteiger partial charge >= 0.3 is 0 Å². The molecule has 0 aliphatic rings. The minimum absolute atomic E-state index is 0.508. The van der Waals surface area contributed by atoms with Crippen molar-refractivity contribution in [3.8, 4) is 0 Å². The molecule has 0 aliphatic heterocycles. The van der Waals surface area contributed by atoms with Crippen molar-refractivity contribution in [2.75, 3.05) is 11.5 Å². The van der Waals surface area contributed by atoms with Gasteiger partial charge in [-0.2, -0.15) is 0 Å². The van der Waals surface area contributed by atoms with Crippen LogP contribution in [0.3, 0.4) is 0 Å². The molecule has 0 saturated carbocycles. The maximum Gasteiger partial charge on any atom is 0.0570 e. The Bertz CT molecular complexity index is 212. The molecule has 0 radical (unpaired) electrons. The summed E-state index contributed by atoms with van der Waals surface area (Å²) in [7, 11) is 0. The molecule has 0 fully saturated rings. The minimum Gasteiger partial charge on any atom is -0.397 e. The summed E-state index contributed by atoms with van der Waals surface area (Å²) in [4.78, 5) is 0. The molecule has 0 amide bonds. The number of nitrogen functional groups attached to an aromatic ring is 2. The van der Waals surface area contributed by atoms with Crippen molar-refractivity contribution in [2.45, 2.75) is 0 Å². The van der Waals surface area contributed by atoms with Gasteiger partial charge in [0.2, 0.25) is 0 Å². The second-order valence-corrected chi connectivity index (χ2v) is 3.16. The number of benzene rings is 1. The first-order chi connectivity index (χ1) is 4.61. The van der Waals surface area contributed by atoms with Gasteiger partial charge in [-0.05, 0) is 28.1 Å². The lowest BCUT2D eigenvalue weighted by Gasteiger charge is -2.01. The molecule has 0 heterocycles. The first-order valence-electron chi connectivity index (χ1n) is 2.61. The lowest BCUT2D eigenvalue weighted by Crippen LogP contribution is -1.93. The van der Waals surface area contributed by atoms with E-state index in [0.29, 0.717) is 16.4 Å². The Balaban J connectivity index is 3.28. The Morgan fingerprint density at radius 1 is 1.20 bits per heavy atom. The van der Waals surface area contributed by atoms with Crippen LogP contribution in [0.4, 0.5) is 11.4 Å². The van der Waals surface area contributed by atoms with Crippen LogP contribution in [-0.4, -0.2) is 0 Å². The summed E-state index contributed by atoms with van der Waals surface area (Å²) in [6, 6.07) is 3.29. The fourth-order valence-corrected chi connectivity index (χ4v) is 1.11. The van der Waals surface area contributed by atoms with Crippen LogP contribution < -0.4 is 11.5 Å². The number of anilines is 2. The van der Waals surface area contributed by atoms with Gasteiger partial charge in [0, 0.05) is 4.47 Å². The molecule has 4 N–H and O–H groups in total. The monoisotopic (exact) mass is 220 g/mol. The molecule has 0 atom stereocenters. The fourth-order valence-electron chi connectivity index (χ4n) is 0.578. The highest BCUT2D eigenvalue weighted by Crippen LogP contribution is 2.28. The molecule has 0 saturated heterocycles. The first-order valence-corrected chi connectivity index (χ1v) is 3.78. The Labute approximate surface area is 72.3 Å². The van der Waals surface area contributed by atoms with Gasteiger partial charge in [0.1, 0.15) is 0 Å². The Hall–Kier alpha value is -0.410. The van der Waals surface area contributed by atoms with Crippen LogP contribution in [0.1, 0.15) is 0 Å². The number of hydrogen-bond acceptors (Lipinski definition) is 2. The molecule has 0 unspecified atom stereocenters.